The van der Waals surface area contributed by atoms with Crippen LogP contribution in [0.5, 0.6) is 0 Å². The molecule has 0 saturated carbocycles. The first-order valence-corrected chi connectivity index (χ1v) is 8.54. The summed E-state index contributed by atoms with van der Waals surface area (Å²) in [5.41, 5.74) is 1.70. The predicted molar refractivity (Wildman–Crippen MR) is 95.2 cm³/mol. The Morgan fingerprint density at radius 3 is 2.58 bits per heavy atom. The van der Waals surface area contributed by atoms with E-state index in [2.05, 4.69) is 29.4 Å². The van der Waals surface area contributed by atoms with Crippen LogP contribution in [0.1, 0.15) is 26.7 Å². The first-order valence-electron chi connectivity index (χ1n) is 8.54. The van der Waals surface area contributed by atoms with Crippen LogP contribution in [0.2, 0.25) is 0 Å². The molecule has 0 spiro atoms. The Hall–Kier alpha value is -2.08. The third-order valence-electron chi connectivity index (χ3n) is 3.89. The van der Waals surface area contributed by atoms with Crippen LogP contribution < -0.4 is 15.5 Å². The summed E-state index contributed by atoms with van der Waals surface area (Å²) in [4.78, 5) is 26.1. The fourth-order valence-electron chi connectivity index (χ4n) is 2.56. The lowest BCUT2D eigenvalue weighted by Crippen LogP contribution is -2.37. The molecule has 1 heterocycles. The van der Waals surface area contributed by atoms with Crippen molar-refractivity contribution in [3.05, 3.63) is 24.3 Å². The molecule has 1 aromatic rings. The maximum Gasteiger partial charge on any atom is 0.233 e. The van der Waals surface area contributed by atoms with E-state index in [1.807, 2.05) is 24.3 Å². The summed E-state index contributed by atoms with van der Waals surface area (Å²) in [6, 6.07) is 7.66. The number of rotatable bonds is 7. The highest BCUT2D eigenvalue weighted by atomic mass is 16.5. The first kappa shape index (κ1) is 18.3. The van der Waals surface area contributed by atoms with E-state index in [0.29, 0.717) is 25.7 Å². The van der Waals surface area contributed by atoms with Crippen molar-refractivity contribution in [3.63, 3.8) is 0 Å². The normalized spacial score (nSPS) is 14.5. The number of carbonyl (C=O) groups is 2. The number of nitrogens with one attached hydrogen (secondary N) is 2. The Morgan fingerprint density at radius 2 is 1.88 bits per heavy atom. The second kappa shape index (κ2) is 9.27. The van der Waals surface area contributed by atoms with Gasteiger partial charge in [-0.2, -0.15) is 0 Å². The van der Waals surface area contributed by atoms with Crippen molar-refractivity contribution in [1.29, 1.82) is 0 Å². The van der Waals surface area contributed by atoms with Gasteiger partial charge in [-0.1, -0.05) is 26.0 Å². The number of para-hydroxylation sites is 2. The molecule has 1 aliphatic heterocycles. The van der Waals surface area contributed by atoms with Gasteiger partial charge in [-0.3, -0.25) is 9.59 Å². The average molecular weight is 333 g/mol. The lowest BCUT2D eigenvalue weighted by atomic mass is 10.1. The first-order chi connectivity index (χ1) is 11.6. The molecule has 1 saturated heterocycles. The van der Waals surface area contributed by atoms with Crippen molar-refractivity contribution in [1.82, 2.24) is 5.32 Å². The fraction of sp³-hybridized carbons (Fsp3) is 0.556. The van der Waals surface area contributed by atoms with E-state index in [1.165, 1.54) is 0 Å². The summed E-state index contributed by atoms with van der Waals surface area (Å²) >= 11 is 0. The van der Waals surface area contributed by atoms with Crippen LogP contribution in [0, 0.1) is 5.92 Å². The topological polar surface area (TPSA) is 70.7 Å². The van der Waals surface area contributed by atoms with Crippen molar-refractivity contribution >= 4 is 23.2 Å². The lowest BCUT2D eigenvalue weighted by Gasteiger charge is -2.30. The zero-order chi connectivity index (χ0) is 17.4. The fourth-order valence-corrected chi connectivity index (χ4v) is 2.56. The predicted octanol–water partition coefficient (Wildman–Crippen LogP) is 2.01. The molecule has 1 aromatic carbocycles. The van der Waals surface area contributed by atoms with Crippen LogP contribution >= 0.6 is 0 Å². The van der Waals surface area contributed by atoms with Gasteiger partial charge >= 0.3 is 0 Å². The van der Waals surface area contributed by atoms with E-state index in [-0.39, 0.29) is 18.2 Å². The van der Waals surface area contributed by atoms with E-state index in [4.69, 9.17) is 4.74 Å². The van der Waals surface area contributed by atoms with E-state index < -0.39 is 0 Å². The maximum absolute atomic E-state index is 12.1. The summed E-state index contributed by atoms with van der Waals surface area (Å²) in [6.45, 7) is 7.75. The Balaban J connectivity index is 1.88. The summed E-state index contributed by atoms with van der Waals surface area (Å²) in [7, 11) is 0. The third-order valence-corrected chi connectivity index (χ3v) is 3.89. The zero-order valence-corrected chi connectivity index (χ0v) is 14.5. The van der Waals surface area contributed by atoms with Gasteiger partial charge in [0.15, 0.2) is 0 Å². The number of amides is 2. The van der Waals surface area contributed by atoms with Crippen LogP contribution in [0.25, 0.3) is 0 Å². The van der Waals surface area contributed by atoms with E-state index in [1.54, 1.807) is 0 Å². The molecular weight excluding hydrogens is 306 g/mol. The van der Waals surface area contributed by atoms with Gasteiger partial charge in [0.1, 0.15) is 6.42 Å². The second-order valence-corrected chi connectivity index (χ2v) is 6.37. The van der Waals surface area contributed by atoms with Crippen LogP contribution in [0.15, 0.2) is 24.3 Å². The molecule has 1 aliphatic rings. The quantitative estimate of drug-likeness (QED) is 0.749. The van der Waals surface area contributed by atoms with Gasteiger partial charge < -0.3 is 20.3 Å². The van der Waals surface area contributed by atoms with Crippen molar-refractivity contribution in [2.75, 3.05) is 43.1 Å². The van der Waals surface area contributed by atoms with Crippen molar-refractivity contribution < 1.29 is 14.3 Å². The summed E-state index contributed by atoms with van der Waals surface area (Å²) < 4.78 is 5.37. The van der Waals surface area contributed by atoms with Gasteiger partial charge in [-0.05, 0) is 24.5 Å². The number of hydrogen-bond acceptors (Lipinski definition) is 4. The van der Waals surface area contributed by atoms with Crippen molar-refractivity contribution in [2.24, 2.45) is 5.92 Å². The summed E-state index contributed by atoms with van der Waals surface area (Å²) in [5, 5.41) is 5.64. The molecule has 6 heteroatoms. The van der Waals surface area contributed by atoms with E-state index in [9.17, 15) is 9.59 Å². The molecular formula is C18H27N3O3. The van der Waals surface area contributed by atoms with Gasteiger partial charge in [0.2, 0.25) is 11.8 Å². The molecule has 0 unspecified atom stereocenters. The molecule has 0 aromatic heterocycles. The lowest BCUT2D eigenvalue weighted by molar-refractivity contribution is -0.126. The molecule has 0 bridgehead atoms. The van der Waals surface area contributed by atoms with Crippen LogP contribution in [-0.2, 0) is 14.3 Å². The molecule has 132 valence electrons. The standard InChI is InChI=1S/C18H27N3O3/c1-14(2)7-8-19-17(22)13-18(23)20-15-5-3-4-6-16(15)21-9-11-24-12-10-21/h3-6,14H,7-13H2,1-2H3,(H,19,22)(H,20,23). The minimum Gasteiger partial charge on any atom is -0.378 e. The Bertz CT molecular complexity index is 554. The van der Waals surface area contributed by atoms with Crippen LogP contribution in [-0.4, -0.2) is 44.7 Å². The Morgan fingerprint density at radius 1 is 1.17 bits per heavy atom. The van der Waals surface area contributed by atoms with Crippen molar-refractivity contribution in [3.8, 4) is 0 Å². The SMILES string of the molecule is CC(C)CCNC(=O)CC(=O)Nc1ccccc1N1CCOCC1. The molecule has 0 aliphatic carbocycles. The number of nitrogens with zero attached hydrogens (tertiary/aromatic N) is 1. The number of benzene rings is 1. The third kappa shape index (κ3) is 5.85. The number of anilines is 2. The molecule has 24 heavy (non-hydrogen) atoms. The summed E-state index contributed by atoms with van der Waals surface area (Å²) in [6.07, 6.45) is 0.753. The molecule has 1 fully saturated rings. The van der Waals surface area contributed by atoms with E-state index >= 15 is 0 Å². The van der Waals surface area contributed by atoms with Crippen molar-refractivity contribution in [2.45, 2.75) is 26.7 Å². The zero-order valence-electron chi connectivity index (χ0n) is 14.5. The number of hydrogen-bond donors (Lipinski definition) is 2. The van der Waals surface area contributed by atoms with Crippen LogP contribution in [0.4, 0.5) is 11.4 Å². The highest BCUT2D eigenvalue weighted by molar-refractivity contribution is 6.04. The van der Waals surface area contributed by atoms with Gasteiger partial charge in [0.25, 0.3) is 0 Å². The molecule has 0 radical (unpaired) electrons. The van der Waals surface area contributed by atoms with Gasteiger partial charge in [0.05, 0.1) is 24.6 Å². The molecule has 2 rings (SSSR count). The molecule has 0 atom stereocenters. The van der Waals surface area contributed by atoms with Gasteiger partial charge in [-0.15, -0.1) is 0 Å². The highest BCUT2D eigenvalue weighted by Crippen LogP contribution is 2.26. The largest absolute Gasteiger partial charge is 0.378 e. The van der Waals surface area contributed by atoms with Gasteiger partial charge in [0, 0.05) is 19.6 Å². The number of carbonyl (C=O) groups excluding carboxylic acids is 2. The maximum atomic E-state index is 12.1. The minimum absolute atomic E-state index is 0.157. The minimum atomic E-state index is -0.294. The number of morpholine rings is 1. The monoisotopic (exact) mass is 333 g/mol. The molecule has 2 amide bonds. The Kier molecular flexibility index (Phi) is 7.06. The number of ether oxygens (including phenoxy) is 1. The second-order valence-electron chi connectivity index (χ2n) is 6.37. The van der Waals surface area contributed by atoms with Gasteiger partial charge in [-0.25, -0.2) is 0 Å². The highest BCUT2D eigenvalue weighted by Gasteiger charge is 2.16. The van der Waals surface area contributed by atoms with E-state index in [0.717, 1.165) is 30.9 Å². The smallest absolute Gasteiger partial charge is 0.233 e. The van der Waals surface area contributed by atoms with Crippen LogP contribution in [0.3, 0.4) is 0 Å². The molecule has 2 N–H and O–H groups in total. The molecule has 6 nitrogen and oxygen atoms in total. The summed E-state index contributed by atoms with van der Waals surface area (Å²) in [5.74, 6) is -0.00529. The Labute approximate surface area is 143 Å². The average Bonchev–Trinajstić information content (AvgIpc) is 2.55.